The highest BCUT2D eigenvalue weighted by atomic mass is 32.2. The number of aryl methyl sites for hydroxylation is 1. The van der Waals surface area contributed by atoms with E-state index in [0.717, 1.165) is 11.1 Å². The average Bonchev–Trinajstić information content (AvgIpc) is 3.13. The summed E-state index contributed by atoms with van der Waals surface area (Å²) < 4.78 is 39.4. The lowest BCUT2D eigenvalue weighted by atomic mass is 10.1. The van der Waals surface area contributed by atoms with Gasteiger partial charge in [-0.05, 0) is 50.6 Å². The zero-order valence-electron chi connectivity index (χ0n) is 18.2. The van der Waals surface area contributed by atoms with Crippen LogP contribution in [0.4, 0.5) is 0 Å². The van der Waals surface area contributed by atoms with Crippen LogP contribution in [0.3, 0.4) is 0 Å². The summed E-state index contributed by atoms with van der Waals surface area (Å²) in [4.78, 5) is 16.7. The van der Waals surface area contributed by atoms with Gasteiger partial charge in [0.15, 0.2) is 0 Å². The zero-order valence-corrected chi connectivity index (χ0v) is 19.0. The molecule has 2 aromatic heterocycles. The lowest BCUT2D eigenvalue weighted by molar-refractivity contribution is 0.0519. The number of nitrogens with zero attached hydrogens (tertiary/aromatic N) is 2. The number of esters is 1. The smallest absolute Gasteiger partial charge is 0.356 e. The van der Waals surface area contributed by atoms with Crippen LogP contribution < -0.4 is 0 Å². The fraction of sp³-hybridized carbons (Fsp3) is 0.250. The molecule has 0 radical (unpaired) electrons. The number of ether oxygens (including phenoxy) is 2. The third kappa shape index (κ3) is 3.76. The van der Waals surface area contributed by atoms with E-state index in [1.54, 1.807) is 49.4 Å². The molecule has 4 rings (SSSR count). The summed E-state index contributed by atoms with van der Waals surface area (Å²) in [5.74, 6) is -0.556. The van der Waals surface area contributed by atoms with Gasteiger partial charge in [-0.3, -0.25) is 0 Å². The highest BCUT2D eigenvalue weighted by molar-refractivity contribution is 7.90. The summed E-state index contributed by atoms with van der Waals surface area (Å²) in [6.07, 6.45) is 1.41. The van der Waals surface area contributed by atoms with E-state index in [2.05, 4.69) is 4.98 Å². The molecule has 0 aliphatic rings. The maximum Gasteiger partial charge on any atom is 0.356 e. The van der Waals surface area contributed by atoms with Crippen molar-refractivity contribution in [3.8, 4) is 0 Å². The molecule has 0 atom stereocenters. The highest BCUT2D eigenvalue weighted by Crippen LogP contribution is 2.35. The van der Waals surface area contributed by atoms with Crippen LogP contribution in [0.1, 0.15) is 35.5 Å². The second-order valence-corrected chi connectivity index (χ2v) is 9.12. The highest BCUT2D eigenvalue weighted by Gasteiger charge is 2.25. The first-order chi connectivity index (χ1) is 15.4. The van der Waals surface area contributed by atoms with Crippen LogP contribution in [0.25, 0.3) is 21.8 Å². The van der Waals surface area contributed by atoms with Gasteiger partial charge in [-0.25, -0.2) is 22.2 Å². The number of hydrogen-bond acceptors (Lipinski definition) is 6. The molecule has 0 unspecified atom stereocenters. The first-order valence-corrected chi connectivity index (χ1v) is 11.8. The maximum atomic E-state index is 13.7. The molecular formula is C24H24N2O5S. The second kappa shape index (κ2) is 8.72. The molecular weight excluding hydrogens is 428 g/mol. The number of benzene rings is 2. The minimum Gasteiger partial charge on any atom is -0.461 e. The minimum atomic E-state index is -3.93. The third-order valence-corrected chi connectivity index (χ3v) is 6.97. The molecule has 7 nitrogen and oxygen atoms in total. The summed E-state index contributed by atoms with van der Waals surface area (Å²) in [7, 11) is -3.93. The van der Waals surface area contributed by atoms with Crippen LogP contribution in [0, 0.1) is 6.92 Å². The summed E-state index contributed by atoms with van der Waals surface area (Å²) in [5.41, 5.74) is 2.80. The van der Waals surface area contributed by atoms with E-state index in [9.17, 15) is 13.2 Å². The van der Waals surface area contributed by atoms with Crippen molar-refractivity contribution in [3.63, 3.8) is 0 Å². The number of carbonyl (C=O) groups excluding carboxylic acids is 1. The molecule has 8 heteroatoms. The Morgan fingerprint density at radius 3 is 2.47 bits per heavy atom. The summed E-state index contributed by atoms with van der Waals surface area (Å²) in [5, 5.41) is 1.31. The van der Waals surface area contributed by atoms with Gasteiger partial charge in [0.1, 0.15) is 5.69 Å². The van der Waals surface area contributed by atoms with E-state index in [-0.39, 0.29) is 17.2 Å². The maximum absolute atomic E-state index is 13.7. The van der Waals surface area contributed by atoms with Gasteiger partial charge in [-0.2, -0.15) is 0 Å². The molecule has 0 saturated carbocycles. The number of fused-ring (bicyclic) bond motifs is 3. The van der Waals surface area contributed by atoms with E-state index < -0.39 is 16.0 Å². The first-order valence-electron chi connectivity index (χ1n) is 10.4. The van der Waals surface area contributed by atoms with Gasteiger partial charge >= 0.3 is 5.97 Å². The Bertz CT molecular complexity index is 1410. The summed E-state index contributed by atoms with van der Waals surface area (Å²) in [6.45, 7) is 6.57. The molecule has 0 aliphatic heterocycles. The molecule has 166 valence electrons. The van der Waals surface area contributed by atoms with Gasteiger partial charge in [0.25, 0.3) is 10.0 Å². The number of rotatable bonds is 7. The molecule has 0 bridgehead atoms. The van der Waals surface area contributed by atoms with Crippen LogP contribution in [0.15, 0.2) is 59.6 Å². The molecule has 4 aromatic rings. The standard InChI is InChI=1S/C24H24N2O5S/c1-4-30-15-17-7-6-8-21-23(17)19-13-20(24(27)31-5-2)25-14-22(19)26(21)32(28,29)18-11-9-16(3)10-12-18/h6-14H,4-5,15H2,1-3H3. The first kappa shape index (κ1) is 22.0. The van der Waals surface area contributed by atoms with Gasteiger partial charge in [-0.1, -0.05) is 29.8 Å². The van der Waals surface area contributed by atoms with E-state index >= 15 is 0 Å². The van der Waals surface area contributed by atoms with Crippen molar-refractivity contribution in [3.05, 3.63) is 71.5 Å². The average molecular weight is 453 g/mol. The molecule has 0 amide bonds. The molecule has 32 heavy (non-hydrogen) atoms. The predicted molar refractivity (Wildman–Crippen MR) is 122 cm³/mol. The van der Waals surface area contributed by atoms with Crippen molar-refractivity contribution in [1.82, 2.24) is 8.96 Å². The Balaban J connectivity index is 2.06. The van der Waals surface area contributed by atoms with E-state index in [1.165, 1.54) is 10.2 Å². The van der Waals surface area contributed by atoms with Crippen molar-refractivity contribution >= 4 is 37.8 Å². The fourth-order valence-corrected chi connectivity index (χ4v) is 5.24. The molecule has 0 N–H and O–H groups in total. The van der Waals surface area contributed by atoms with Gasteiger partial charge in [0.2, 0.25) is 0 Å². The Morgan fingerprint density at radius 2 is 1.78 bits per heavy atom. The molecule has 0 spiro atoms. The molecule has 2 aromatic carbocycles. The van der Waals surface area contributed by atoms with Gasteiger partial charge in [0, 0.05) is 17.4 Å². The molecule has 0 fully saturated rings. The van der Waals surface area contributed by atoms with Crippen LogP contribution in [-0.2, 0) is 26.1 Å². The van der Waals surface area contributed by atoms with Crippen LogP contribution in [0.5, 0.6) is 0 Å². The van der Waals surface area contributed by atoms with Crippen molar-refractivity contribution in [1.29, 1.82) is 0 Å². The number of carbonyl (C=O) groups is 1. The van der Waals surface area contributed by atoms with Gasteiger partial charge in [0.05, 0.1) is 35.3 Å². The van der Waals surface area contributed by atoms with Crippen molar-refractivity contribution < 1.29 is 22.7 Å². The van der Waals surface area contributed by atoms with E-state index in [0.29, 0.717) is 35.0 Å². The minimum absolute atomic E-state index is 0.123. The topological polar surface area (TPSA) is 87.5 Å². The fourth-order valence-electron chi connectivity index (χ4n) is 3.73. The largest absolute Gasteiger partial charge is 0.461 e. The lowest BCUT2D eigenvalue weighted by Crippen LogP contribution is -2.13. The molecule has 0 saturated heterocycles. The molecule has 0 aliphatic carbocycles. The number of hydrogen-bond donors (Lipinski definition) is 0. The monoisotopic (exact) mass is 452 g/mol. The number of aromatic nitrogens is 2. The summed E-state index contributed by atoms with van der Waals surface area (Å²) in [6, 6.07) is 13.7. The normalized spacial score (nSPS) is 11.8. The second-order valence-electron chi connectivity index (χ2n) is 7.34. The quantitative estimate of drug-likeness (QED) is 0.385. The van der Waals surface area contributed by atoms with Crippen LogP contribution in [0.2, 0.25) is 0 Å². The van der Waals surface area contributed by atoms with Gasteiger partial charge < -0.3 is 9.47 Å². The van der Waals surface area contributed by atoms with Crippen molar-refractivity contribution in [2.75, 3.05) is 13.2 Å². The predicted octanol–water partition coefficient (Wildman–Crippen LogP) is 4.45. The van der Waals surface area contributed by atoms with Crippen molar-refractivity contribution in [2.45, 2.75) is 32.3 Å². The van der Waals surface area contributed by atoms with E-state index in [4.69, 9.17) is 9.47 Å². The van der Waals surface area contributed by atoms with Crippen molar-refractivity contribution in [2.24, 2.45) is 0 Å². The molecule has 2 heterocycles. The Morgan fingerprint density at radius 1 is 1.03 bits per heavy atom. The number of pyridine rings is 1. The van der Waals surface area contributed by atoms with E-state index in [1.807, 2.05) is 19.9 Å². The lowest BCUT2D eigenvalue weighted by Gasteiger charge is -2.10. The van der Waals surface area contributed by atoms with Gasteiger partial charge in [-0.15, -0.1) is 0 Å². The summed E-state index contributed by atoms with van der Waals surface area (Å²) >= 11 is 0. The Hall–Kier alpha value is -3.23. The van der Waals surface area contributed by atoms with Crippen LogP contribution in [-0.4, -0.2) is 36.6 Å². The van der Waals surface area contributed by atoms with Crippen LogP contribution >= 0.6 is 0 Å². The Kier molecular flexibility index (Phi) is 5.99. The Labute approximate surface area is 186 Å². The zero-order chi connectivity index (χ0) is 22.9. The third-order valence-electron chi connectivity index (χ3n) is 5.22. The SMILES string of the molecule is CCOCc1cccc2c1c1cc(C(=O)OCC)ncc1n2S(=O)(=O)c1ccc(C)cc1.